The molecule has 0 saturated heterocycles. The average Bonchev–Trinajstić information content (AvgIpc) is 3.39. The Labute approximate surface area is 201 Å². The third kappa shape index (κ3) is 4.68. The van der Waals surface area contributed by atoms with Crippen molar-refractivity contribution in [1.29, 1.82) is 0 Å². The van der Waals surface area contributed by atoms with Crippen LogP contribution in [0.1, 0.15) is 24.9 Å². The van der Waals surface area contributed by atoms with Gasteiger partial charge >= 0.3 is 0 Å². The molecule has 0 radical (unpaired) electrons. The predicted molar refractivity (Wildman–Crippen MR) is 131 cm³/mol. The Kier molecular flexibility index (Phi) is 5.96. The molecule has 5 rings (SSSR count). The molecule has 0 amide bonds. The zero-order valence-corrected chi connectivity index (χ0v) is 19.7. The van der Waals surface area contributed by atoms with Crippen LogP contribution in [0.2, 0.25) is 0 Å². The van der Waals surface area contributed by atoms with Crippen molar-refractivity contribution in [2.45, 2.75) is 25.0 Å². The van der Waals surface area contributed by atoms with E-state index in [0.717, 1.165) is 32.6 Å². The molecule has 1 aromatic heterocycles. The van der Waals surface area contributed by atoms with Gasteiger partial charge in [-0.15, -0.1) is 0 Å². The van der Waals surface area contributed by atoms with Crippen LogP contribution in [0.4, 0.5) is 0 Å². The van der Waals surface area contributed by atoms with Crippen LogP contribution >= 0.6 is 15.9 Å². The second kappa shape index (κ2) is 9.19. The lowest BCUT2D eigenvalue weighted by atomic mass is 9.90. The van der Waals surface area contributed by atoms with Gasteiger partial charge in [0.05, 0.1) is 0 Å². The lowest BCUT2D eigenvalue weighted by molar-refractivity contribution is -0.0788. The number of ether oxygens (including phenoxy) is 1. The molecule has 0 bridgehead atoms. The van der Waals surface area contributed by atoms with E-state index < -0.39 is 5.60 Å². The van der Waals surface area contributed by atoms with Gasteiger partial charge in [-0.05, 0) is 36.2 Å². The molecule has 0 saturated carbocycles. The van der Waals surface area contributed by atoms with Gasteiger partial charge in [0.2, 0.25) is 0 Å². The highest BCUT2D eigenvalue weighted by atomic mass is 79.9. The summed E-state index contributed by atoms with van der Waals surface area (Å²) in [5.74, 6) is 0.803. The van der Waals surface area contributed by atoms with E-state index in [9.17, 15) is 0 Å². The Hall–Kier alpha value is -3.45. The van der Waals surface area contributed by atoms with E-state index in [1.165, 1.54) is 0 Å². The number of hydrogen-bond acceptors (Lipinski definition) is 5. The minimum absolute atomic E-state index is 0.125. The van der Waals surface area contributed by atoms with Gasteiger partial charge in [0.1, 0.15) is 36.8 Å². The first-order valence-corrected chi connectivity index (χ1v) is 11.5. The van der Waals surface area contributed by atoms with E-state index in [4.69, 9.17) is 9.57 Å². The molecule has 6 nitrogen and oxygen atoms in total. The van der Waals surface area contributed by atoms with Crippen LogP contribution in [0.3, 0.4) is 0 Å². The van der Waals surface area contributed by atoms with Gasteiger partial charge in [-0.2, -0.15) is 5.10 Å². The van der Waals surface area contributed by atoms with Crippen molar-refractivity contribution in [2.24, 2.45) is 5.16 Å². The molecule has 7 heteroatoms. The molecule has 0 fully saturated rings. The van der Waals surface area contributed by atoms with Crippen LogP contribution in [0.15, 0.2) is 101 Å². The molecule has 2 atom stereocenters. The van der Waals surface area contributed by atoms with Crippen LogP contribution in [-0.2, 0) is 4.84 Å². The fourth-order valence-corrected chi connectivity index (χ4v) is 4.47. The summed E-state index contributed by atoms with van der Waals surface area (Å²) in [6.45, 7) is 2.39. The lowest BCUT2D eigenvalue weighted by Crippen LogP contribution is -2.43. The van der Waals surface area contributed by atoms with Crippen LogP contribution in [0.25, 0.3) is 11.1 Å². The predicted octanol–water partition coefficient (Wildman–Crippen LogP) is 5.91. The van der Waals surface area contributed by atoms with Gasteiger partial charge < -0.3 is 9.57 Å². The number of hydrogen-bond donors (Lipinski definition) is 0. The average molecular weight is 503 g/mol. The first-order chi connectivity index (χ1) is 16.1. The lowest BCUT2D eigenvalue weighted by Gasteiger charge is -2.35. The van der Waals surface area contributed by atoms with E-state index in [1.807, 2.05) is 60.1 Å². The molecule has 2 heterocycles. The van der Waals surface area contributed by atoms with Gasteiger partial charge in [0.15, 0.2) is 5.60 Å². The Bertz CT molecular complexity index is 1240. The summed E-state index contributed by atoms with van der Waals surface area (Å²) in [6.07, 6.45) is 3.91. The number of oxime groups is 1. The highest BCUT2D eigenvalue weighted by Gasteiger charge is 2.40. The zero-order chi connectivity index (χ0) is 22.7. The van der Waals surface area contributed by atoms with Crippen molar-refractivity contribution in [3.8, 4) is 16.9 Å². The molecule has 3 aromatic carbocycles. The van der Waals surface area contributed by atoms with Crippen LogP contribution in [0, 0.1) is 0 Å². The third-order valence-electron chi connectivity index (χ3n) is 5.71. The summed E-state index contributed by atoms with van der Waals surface area (Å²) < 4.78 is 8.89. The maximum Gasteiger partial charge on any atom is 0.171 e. The Balaban J connectivity index is 1.42. The zero-order valence-electron chi connectivity index (χ0n) is 18.1. The molecule has 4 aromatic rings. The first kappa shape index (κ1) is 21.4. The molecule has 1 aliphatic rings. The van der Waals surface area contributed by atoms with Crippen LogP contribution in [0.5, 0.6) is 5.75 Å². The third-order valence-corrected chi connectivity index (χ3v) is 6.41. The molecule has 0 aliphatic carbocycles. The Morgan fingerprint density at radius 1 is 1.00 bits per heavy atom. The summed E-state index contributed by atoms with van der Waals surface area (Å²) >= 11 is 3.63. The number of halogens is 1. The summed E-state index contributed by atoms with van der Waals surface area (Å²) in [7, 11) is 0. The van der Waals surface area contributed by atoms with Crippen molar-refractivity contribution in [2.75, 3.05) is 6.61 Å². The maximum absolute atomic E-state index is 6.01. The van der Waals surface area contributed by atoms with E-state index in [2.05, 4.69) is 61.5 Å². The van der Waals surface area contributed by atoms with Crippen LogP contribution < -0.4 is 4.74 Å². The topological polar surface area (TPSA) is 61.5 Å². The van der Waals surface area contributed by atoms with Gasteiger partial charge in [-0.3, -0.25) is 0 Å². The molecule has 0 N–H and O–H groups in total. The molecule has 33 heavy (non-hydrogen) atoms. The van der Waals surface area contributed by atoms with Gasteiger partial charge in [0, 0.05) is 16.5 Å². The van der Waals surface area contributed by atoms with Crippen molar-refractivity contribution in [3.63, 3.8) is 0 Å². The molecule has 2 unspecified atom stereocenters. The fraction of sp³-hybridized carbons (Fsp3) is 0.192. The smallest absolute Gasteiger partial charge is 0.171 e. The second-order valence-electron chi connectivity index (χ2n) is 8.27. The van der Waals surface area contributed by atoms with Gasteiger partial charge in [-0.25, -0.2) is 9.67 Å². The number of aromatic nitrogens is 3. The van der Waals surface area contributed by atoms with Crippen molar-refractivity contribution < 1.29 is 9.57 Å². The Morgan fingerprint density at radius 3 is 2.45 bits per heavy atom. The van der Waals surface area contributed by atoms with Gasteiger partial charge in [0.25, 0.3) is 0 Å². The monoisotopic (exact) mass is 502 g/mol. The normalized spacial score (nSPS) is 20.1. The summed E-state index contributed by atoms with van der Waals surface area (Å²) in [4.78, 5) is 10.2. The molecular formula is C26H23BrN4O2. The summed E-state index contributed by atoms with van der Waals surface area (Å²) in [6, 6.07) is 26.1. The Morgan fingerprint density at radius 2 is 1.73 bits per heavy atom. The van der Waals surface area contributed by atoms with Crippen LogP contribution in [-0.4, -0.2) is 32.7 Å². The first-order valence-electron chi connectivity index (χ1n) is 10.7. The van der Waals surface area contributed by atoms with E-state index in [0.29, 0.717) is 13.0 Å². The highest BCUT2D eigenvalue weighted by molar-refractivity contribution is 9.10. The number of para-hydroxylation sites is 1. The van der Waals surface area contributed by atoms with E-state index in [-0.39, 0.29) is 6.04 Å². The highest BCUT2D eigenvalue weighted by Crippen LogP contribution is 2.34. The molecule has 0 spiro atoms. The minimum Gasteiger partial charge on any atom is -0.489 e. The maximum atomic E-state index is 6.01. The second-order valence-corrected chi connectivity index (χ2v) is 9.13. The van der Waals surface area contributed by atoms with Crippen molar-refractivity contribution >= 4 is 21.6 Å². The summed E-state index contributed by atoms with van der Waals surface area (Å²) in [5, 5.41) is 8.96. The standard InChI is InChI=1S/C26H23BrN4O2/c1-26(16-32-21-7-3-2-4-8-21)15-24(31-18-28-17-29-31)25(30-33-26)20-13-11-19(12-14-20)22-9-5-6-10-23(22)27/h2-14,17-18,24H,15-16H2,1H3. The molecule has 1 aliphatic heterocycles. The van der Waals surface area contributed by atoms with E-state index >= 15 is 0 Å². The fourth-order valence-electron chi connectivity index (χ4n) is 3.96. The number of benzene rings is 3. The molecule has 166 valence electrons. The quantitative estimate of drug-likeness (QED) is 0.328. The number of nitrogens with zero attached hydrogens (tertiary/aromatic N) is 4. The van der Waals surface area contributed by atoms with E-state index in [1.54, 1.807) is 12.7 Å². The minimum atomic E-state index is -0.606. The molecular weight excluding hydrogens is 480 g/mol. The largest absolute Gasteiger partial charge is 0.489 e. The van der Waals surface area contributed by atoms with Crippen molar-refractivity contribution in [1.82, 2.24) is 14.8 Å². The SMILES string of the molecule is CC1(COc2ccccc2)CC(n2cncn2)C(c2ccc(-c3ccccc3Br)cc2)=NO1. The summed E-state index contributed by atoms with van der Waals surface area (Å²) in [5.41, 5.74) is 3.46. The van der Waals surface area contributed by atoms with Gasteiger partial charge in [-0.1, -0.05) is 81.7 Å². The number of rotatable bonds is 6. The van der Waals surface area contributed by atoms with Crippen molar-refractivity contribution in [3.05, 3.63) is 102 Å².